The zero-order chi connectivity index (χ0) is 22.4. The van der Waals surface area contributed by atoms with Crippen LogP contribution in [-0.2, 0) is 4.79 Å². The third kappa shape index (κ3) is 4.98. The molecule has 1 heterocycles. The average Bonchev–Trinajstić information content (AvgIpc) is 3.24. The van der Waals surface area contributed by atoms with Gasteiger partial charge in [0.1, 0.15) is 17.3 Å². The van der Waals surface area contributed by atoms with Gasteiger partial charge in [-0.1, -0.05) is 31.5 Å². The summed E-state index contributed by atoms with van der Waals surface area (Å²) in [5, 5.41) is 2.98. The van der Waals surface area contributed by atoms with E-state index in [0.717, 1.165) is 18.4 Å². The largest absolute Gasteiger partial charge is 0.497 e. The van der Waals surface area contributed by atoms with Crippen LogP contribution in [0.15, 0.2) is 42.5 Å². The van der Waals surface area contributed by atoms with E-state index in [-0.39, 0.29) is 23.9 Å². The first kappa shape index (κ1) is 22.6. The highest BCUT2D eigenvalue weighted by Gasteiger charge is 2.42. The molecule has 2 atom stereocenters. The number of benzene rings is 2. The molecule has 2 aromatic rings. The van der Waals surface area contributed by atoms with Gasteiger partial charge in [0, 0.05) is 37.2 Å². The molecule has 0 radical (unpaired) electrons. The minimum atomic E-state index is -0.568. The van der Waals surface area contributed by atoms with E-state index in [0.29, 0.717) is 24.6 Å². The predicted molar refractivity (Wildman–Crippen MR) is 116 cm³/mol. The van der Waals surface area contributed by atoms with Crippen LogP contribution in [0.25, 0.3) is 0 Å². The zero-order valence-electron chi connectivity index (χ0n) is 18.2. The number of carbonyl (C=O) groups is 2. The van der Waals surface area contributed by atoms with E-state index in [4.69, 9.17) is 9.47 Å². The Morgan fingerprint density at radius 1 is 1.13 bits per heavy atom. The van der Waals surface area contributed by atoms with Gasteiger partial charge >= 0.3 is 0 Å². The van der Waals surface area contributed by atoms with Crippen LogP contribution in [0.4, 0.5) is 4.39 Å². The molecular formula is C24H29FN2O4. The molecule has 1 aliphatic rings. The van der Waals surface area contributed by atoms with Gasteiger partial charge in [-0.15, -0.1) is 0 Å². The highest BCUT2D eigenvalue weighted by Crippen LogP contribution is 2.39. The van der Waals surface area contributed by atoms with E-state index in [1.165, 1.54) is 12.1 Å². The van der Waals surface area contributed by atoms with Gasteiger partial charge in [0.15, 0.2) is 0 Å². The number of likely N-dealkylation sites (tertiary alicyclic amines) is 1. The van der Waals surface area contributed by atoms with Crippen LogP contribution in [0, 0.1) is 11.7 Å². The van der Waals surface area contributed by atoms with Crippen molar-refractivity contribution in [2.75, 3.05) is 33.9 Å². The summed E-state index contributed by atoms with van der Waals surface area (Å²) in [6.07, 6.45) is 1.85. The molecule has 0 aromatic heterocycles. The fourth-order valence-corrected chi connectivity index (χ4v) is 4.00. The van der Waals surface area contributed by atoms with Gasteiger partial charge in [-0.25, -0.2) is 4.39 Å². The van der Waals surface area contributed by atoms with Crippen molar-refractivity contribution in [3.05, 3.63) is 59.4 Å². The minimum Gasteiger partial charge on any atom is -0.497 e. The second kappa shape index (κ2) is 10.3. The molecule has 166 valence electrons. The van der Waals surface area contributed by atoms with Gasteiger partial charge in [-0.2, -0.15) is 0 Å². The van der Waals surface area contributed by atoms with Crippen molar-refractivity contribution >= 4 is 11.8 Å². The first-order valence-electron chi connectivity index (χ1n) is 10.5. The number of methoxy groups -OCH3 is 2. The third-order valence-electron chi connectivity index (χ3n) is 5.72. The molecule has 0 spiro atoms. The lowest BCUT2D eigenvalue weighted by molar-refractivity contribution is -0.124. The van der Waals surface area contributed by atoms with Crippen molar-refractivity contribution in [1.82, 2.24) is 10.2 Å². The highest BCUT2D eigenvalue weighted by atomic mass is 19.1. The van der Waals surface area contributed by atoms with Crippen LogP contribution < -0.4 is 14.8 Å². The molecule has 1 N–H and O–H groups in total. The zero-order valence-corrected chi connectivity index (χ0v) is 18.2. The molecular weight excluding hydrogens is 399 g/mol. The lowest BCUT2D eigenvalue weighted by atomic mass is 9.87. The van der Waals surface area contributed by atoms with Gasteiger partial charge in [0.25, 0.3) is 5.91 Å². The number of carbonyl (C=O) groups excluding carboxylic acids is 2. The molecule has 1 fully saturated rings. The molecule has 1 saturated heterocycles. The normalized spacial score (nSPS) is 18.0. The second-order valence-electron chi connectivity index (χ2n) is 7.66. The number of hydrogen-bond donors (Lipinski definition) is 1. The van der Waals surface area contributed by atoms with Crippen molar-refractivity contribution in [1.29, 1.82) is 0 Å². The van der Waals surface area contributed by atoms with Crippen molar-refractivity contribution in [3.63, 3.8) is 0 Å². The van der Waals surface area contributed by atoms with Crippen LogP contribution in [0.3, 0.4) is 0 Å². The summed E-state index contributed by atoms with van der Waals surface area (Å²) in [5.74, 6) is -0.604. The minimum absolute atomic E-state index is 0.00925. The number of halogens is 1. The smallest absolute Gasteiger partial charge is 0.256 e. The molecule has 2 amide bonds. The van der Waals surface area contributed by atoms with E-state index in [9.17, 15) is 14.0 Å². The van der Waals surface area contributed by atoms with Gasteiger partial charge in [-0.3, -0.25) is 9.59 Å². The van der Waals surface area contributed by atoms with Gasteiger partial charge in [-0.05, 0) is 24.6 Å². The molecule has 0 bridgehead atoms. The summed E-state index contributed by atoms with van der Waals surface area (Å²) in [4.78, 5) is 27.6. The van der Waals surface area contributed by atoms with E-state index in [1.54, 1.807) is 37.3 Å². The summed E-state index contributed by atoms with van der Waals surface area (Å²) in [6, 6.07) is 11.4. The molecule has 0 aliphatic carbocycles. The molecule has 2 unspecified atom stereocenters. The lowest BCUT2D eigenvalue weighted by Gasteiger charge is -2.21. The average molecular weight is 429 g/mol. The Morgan fingerprint density at radius 2 is 1.90 bits per heavy atom. The van der Waals surface area contributed by atoms with Crippen LogP contribution in [-0.4, -0.2) is 50.6 Å². The summed E-state index contributed by atoms with van der Waals surface area (Å²) < 4.78 is 25.0. The van der Waals surface area contributed by atoms with Crippen LogP contribution in [0.2, 0.25) is 0 Å². The quantitative estimate of drug-likeness (QED) is 0.652. The molecule has 0 saturated carbocycles. The lowest BCUT2D eigenvalue weighted by Crippen LogP contribution is -2.36. The van der Waals surface area contributed by atoms with Crippen molar-refractivity contribution in [2.45, 2.75) is 25.7 Å². The first-order valence-corrected chi connectivity index (χ1v) is 10.5. The SMILES string of the molecule is CCCCNC(=O)C1CN(C(=O)c2ccccc2F)CC1c1ccc(OC)cc1OC. The number of nitrogens with one attached hydrogen (secondary N) is 1. The maximum atomic E-state index is 14.2. The Labute approximate surface area is 182 Å². The van der Waals surface area contributed by atoms with Gasteiger partial charge in [0.05, 0.1) is 25.7 Å². The van der Waals surface area contributed by atoms with E-state index >= 15 is 0 Å². The molecule has 3 rings (SSSR count). The number of ether oxygens (including phenoxy) is 2. The standard InChI is InChI=1S/C24H29FN2O4/c1-4-5-12-26-23(28)20-15-27(24(29)18-8-6-7-9-21(18)25)14-19(20)17-11-10-16(30-2)13-22(17)31-3/h6-11,13,19-20H,4-5,12,14-15H2,1-3H3,(H,26,28). The second-order valence-corrected chi connectivity index (χ2v) is 7.66. The summed E-state index contributed by atoms with van der Waals surface area (Å²) in [7, 11) is 3.13. The van der Waals surface area contributed by atoms with Crippen LogP contribution >= 0.6 is 0 Å². The first-order chi connectivity index (χ1) is 15.0. The number of unbranched alkanes of at least 4 members (excludes halogenated alkanes) is 1. The number of hydrogen-bond acceptors (Lipinski definition) is 4. The molecule has 7 heteroatoms. The summed E-state index contributed by atoms with van der Waals surface area (Å²) in [6.45, 7) is 3.15. The number of nitrogens with zero attached hydrogens (tertiary/aromatic N) is 1. The maximum Gasteiger partial charge on any atom is 0.256 e. The number of rotatable bonds is 8. The Morgan fingerprint density at radius 3 is 2.58 bits per heavy atom. The maximum absolute atomic E-state index is 14.2. The Kier molecular flexibility index (Phi) is 7.50. The van der Waals surface area contributed by atoms with Crippen molar-refractivity contribution < 1.29 is 23.5 Å². The molecule has 31 heavy (non-hydrogen) atoms. The Hall–Kier alpha value is -3.09. The monoisotopic (exact) mass is 428 g/mol. The molecule has 1 aliphatic heterocycles. The van der Waals surface area contributed by atoms with Crippen LogP contribution in [0.1, 0.15) is 41.6 Å². The summed E-state index contributed by atoms with van der Waals surface area (Å²) >= 11 is 0. The van der Waals surface area contributed by atoms with Crippen LogP contribution in [0.5, 0.6) is 11.5 Å². The fraction of sp³-hybridized carbons (Fsp3) is 0.417. The third-order valence-corrected chi connectivity index (χ3v) is 5.72. The van der Waals surface area contributed by atoms with E-state index in [2.05, 4.69) is 12.2 Å². The topological polar surface area (TPSA) is 67.9 Å². The summed E-state index contributed by atoms with van der Waals surface area (Å²) in [5.41, 5.74) is 0.831. The van der Waals surface area contributed by atoms with Crippen molar-refractivity contribution in [2.24, 2.45) is 5.92 Å². The van der Waals surface area contributed by atoms with Gasteiger partial charge in [0.2, 0.25) is 5.91 Å². The Bertz CT molecular complexity index is 934. The van der Waals surface area contributed by atoms with E-state index < -0.39 is 17.6 Å². The molecule has 6 nitrogen and oxygen atoms in total. The fourth-order valence-electron chi connectivity index (χ4n) is 4.00. The number of amides is 2. The van der Waals surface area contributed by atoms with E-state index in [1.807, 2.05) is 12.1 Å². The Balaban J connectivity index is 1.92. The predicted octanol–water partition coefficient (Wildman–Crippen LogP) is 3.62. The highest BCUT2D eigenvalue weighted by molar-refractivity contribution is 5.95. The van der Waals surface area contributed by atoms with Gasteiger partial charge < -0.3 is 19.7 Å². The van der Waals surface area contributed by atoms with Crippen molar-refractivity contribution in [3.8, 4) is 11.5 Å². The molecule has 2 aromatic carbocycles.